The van der Waals surface area contributed by atoms with Gasteiger partial charge in [-0.1, -0.05) is 6.92 Å². The minimum Gasteiger partial charge on any atom is -0.476 e. The number of pyridine rings is 1. The van der Waals surface area contributed by atoms with Gasteiger partial charge < -0.3 is 16.2 Å². The highest BCUT2D eigenvalue weighted by Crippen LogP contribution is 2.11. The average Bonchev–Trinajstić information content (AvgIpc) is 2.27. The maximum absolute atomic E-state index is 10.8. The second-order valence-corrected chi connectivity index (χ2v) is 4.05. The molecule has 0 saturated carbocycles. The standard InChI is InChI=1S/C11H17N3O2/c1-3-11(2,13)7-16-9-5-4-8(6-14-9)10(12)15/h4-6H,3,7,13H2,1-2H3,(H2,12,15). The monoisotopic (exact) mass is 223 g/mol. The second kappa shape index (κ2) is 4.94. The van der Waals surface area contributed by atoms with E-state index in [-0.39, 0.29) is 5.54 Å². The summed E-state index contributed by atoms with van der Waals surface area (Å²) in [5.74, 6) is -0.0635. The van der Waals surface area contributed by atoms with Gasteiger partial charge in [-0.3, -0.25) is 4.79 Å². The Hall–Kier alpha value is -1.62. The van der Waals surface area contributed by atoms with Gasteiger partial charge in [-0.25, -0.2) is 4.98 Å². The molecule has 1 rings (SSSR count). The maximum atomic E-state index is 10.8. The first-order valence-corrected chi connectivity index (χ1v) is 5.12. The summed E-state index contributed by atoms with van der Waals surface area (Å²) >= 11 is 0. The summed E-state index contributed by atoms with van der Waals surface area (Å²) in [5, 5.41) is 0. The average molecular weight is 223 g/mol. The van der Waals surface area contributed by atoms with Crippen LogP contribution in [-0.4, -0.2) is 23.0 Å². The van der Waals surface area contributed by atoms with Crippen molar-refractivity contribution in [2.24, 2.45) is 11.5 Å². The molecule has 1 heterocycles. The summed E-state index contributed by atoms with van der Waals surface area (Å²) in [4.78, 5) is 14.8. The first kappa shape index (κ1) is 12.4. The number of nitrogens with zero attached hydrogens (tertiary/aromatic N) is 1. The van der Waals surface area contributed by atoms with Crippen molar-refractivity contribution in [3.63, 3.8) is 0 Å². The Balaban J connectivity index is 2.59. The highest BCUT2D eigenvalue weighted by atomic mass is 16.5. The molecular formula is C11H17N3O2. The number of primary amides is 1. The lowest BCUT2D eigenvalue weighted by atomic mass is 10.0. The van der Waals surface area contributed by atoms with Crippen molar-refractivity contribution in [3.05, 3.63) is 23.9 Å². The number of aromatic nitrogens is 1. The third kappa shape index (κ3) is 3.51. The van der Waals surface area contributed by atoms with Crippen molar-refractivity contribution < 1.29 is 9.53 Å². The third-order valence-corrected chi connectivity index (χ3v) is 2.38. The molecule has 0 aliphatic heterocycles. The fraction of sp³-hybridized carbons (Fsp3) is 0.455. The van der Waals surface area contributed by atoms with Crippen LogP contribution in [0, 0.1) is 0 Å². The number of hydrogen-bond acceptors (Lipinski definition) is 4. The zero-order chi connectivity index (χ0) is 12.2. The molecule has 1 unspecified atom stereocenters. The van der Waals surface area contributed by atoms with E-state index in [1.807, 2.05) is 13.8 Å². The Labute approximate surface area is 94.8 Å². The van der Waals surface area contributed by atoms with Gasteiger partial charge in [0.2, 0.25) is 11.8 Å². The van der Waals surface area contributed by atoms with Gasteiger partial charge in [0.05, 0.1) is 5.56 Å². The predicted molar refractivity (Wildman–Crippen MR) is 61.1 cm³/mol. The summed E-state index contributed by atoms with van der Waals surface area (Å²) in [6.45, 7) is 4.28. The first-order chi connectivity index (χ1) is 7.44. The summed E-state index contributed by atoms with van der Waals surface area (Å²) in [7, 11) is 0. The van der Waals surface area contributed by atoms with Gasteiger partial charge in [-0.05, 0) is 19.4 Å². The van der Waals surface area contributed by atoms with Crippen LogP contribution in [0.4, 0.5) is 0 Å². The molecule has 0 spiro atoms. The minimum absolute atomic E-state index is 0.360. The fourth-order valence-corrected chi connectivity index (χ4v) is 0.952. The Bertz CT molecular complexity index is 360. The number of carbonyl (C=O) groups excluding carboxylic acids is 1. The van der Waals surface area contributed by atoms with E-state index in [2.05, 4.69) is 4.98 Å². The highest BCUT2D eigenvalue weighted by molar-refractivity contribution is 5.92. The van der Waals surface area contributed by atoms with Crippen molar-refractivity contribution in [2.75, 3.05) is 6.61 Å². The van der Waals surface area contributed by atoms with E-state index in [1.165, 1.54) is 6.20 Å². The van der Waals surface area contributed by atoms with Gasteiger partial charge in [0.15, 0.2) is 0 Å². The lowest BCUT2D eigenvalue weighted by Crippen LogP contribution is -2.41. The van der Waals surface area contributed by atoms with Crippen molar-refractivity contribution in [3.8, 4) is 5.88 Å². The zero-order valence-corrected chi connectivity index (χ0v) is 9.56. The molecule has 0 aliphatic carbocycles. The van der Waals surface area contributed by atoms with E-state index in [0.29, 0.717) is 18.1 Å². The third-order valence-electron chi connectivity index (χ3n) is 2.38. The highest BCUT2D eigenvalue weighted by Gasteiger charge is 2.16. The normalized spacial score (nSPS) is 14.2. The van der Waals surface area contributed by atoms with Crippen molar-refractivity contribution in [2.45, 2.75) is 25.8 Å². The molecule has 1 atom stereocenters. The molecule has 1 amide bonds. The Morgan fingerprint density at radius 2 is 2.25 bits per heavy atom. The van der Waals surface area contributed by atoms with Gasteiger partial charge in [0.25, 0.3) is 0 Å². The van der Waals surface area contributed by atoms with E-state index in [9.17, 15) is 4.79 Å². The molecule has 0 aromatic carbocycles. The minimum atomic E-state index is -0.503. The van der Waals surface area contributed by atoms with Crippen LogP contribution in [0.15, 0.2) is 18.3 Å². The van der Waals surface area contributed by atoms with Crippen LogP contribution < -0.4 is 16.2 Å². The molecule has 0 bridgehead atoms. The van der Waals surface area contributed by atoms with Crippen LogP contribution in [0.2, 0.25) is 0 Å². The predicted octanol–water partition coefficient (Wildman–Crippen LogP) is 0.687. The van der Waals surface area contributed by atoms with E-state index in [1.54, 1.807) is 12.1 Å². The van der Waals surface area contributed by atoms with E-state index < -0.39 is 5.91 Å². The summed E-state index contributed by atoms with van der Waals surface area (Å²) in [6.07, 6.45) is 2.20. The lowest BCUT2D eigenvalue weighted by molar-refractivity contribution is 0.1000. The molecule has 5 nitrogen and oxygen atoms in total. The number of ether oxygens (including phenoxy) is 1. The van der Waals surface area contributed by atoms with Gasteiger partial charge >= 0.3 is 0 Å². The molecule has 16 heavy (non-hydrogen) atoms. The van der Waals surface area contributed by atoms with E-state index >= 15 is 0 Å². The van der Waals surface area contributed by atoms with Gasteiger partial charge in [-0.15, -0.1) is 0 Å². The molecule has 0 fully saturated rings. The maximum Gasteiger partial charge on any atom is 0.250 e. The van der Waals surface area contributed by atoms with Crippen LogP contribution in [0.1, 0.15) is 30.6 Å². The first-order valence-electron chi connectivity index (χ1n) is 5.12. The quantitative estimate of drug-likeness (QED) is 0.768. The number of rotatable bonds is 5. The van der Waals surface area contributed by atoms with Crippen LogP contribution in [0.5, 0.6) is 5.88 Å². The molecule has 5 heteroatoms. The largest absolute Gasteiger partial charge is 0.476 e. The Kier molecular flexibility index (Phi) is 3.84. The van der Waals surface area contributed by atoms with Crippen LogP contribution in [-0.2, 0) is 0 Å². The molecular weight excluding hydrogens is 206 g/mol. The summed E-state index contributed by atoms with van der Waals surface area (Å²) in [5.41, 5.74) is 11.0. The Morgan fingerprint density at radius 3 is 2.69 bits per heavy atom. The van der Waals surface area contributed by atoms with Gasteiger partial charge in [-0.2, -0.15) is 0 Å². The van der Waals surface area contributed by atoms with Crippen LogP contribution in [0.3, 0.4) is 0 Å². The van der Waals surface area contributed by atoms with Crippen molar-refractivity contribution >= 4 is 5.91 Å². The van der Waals surface area contributed by atoms with Crippen LogP contribution in [0.25, 0.3) is 0 Å². The molecule has 0 saturated heterocycles. The Morgan fingerprint density at radius 1 is 1.56 bits per heavy atom. The lowest BCUT2D eigenvalue weighted by Gasteiger charge is -2.22. The summed E-state index contributed by atoms with van der Waals surface area (Å²) < 4.78 is 5.41. The molecule has 88 valence electrons. The molecule has 0 radical (unpaired) electrons. The summed E-state index contributed by atoms with van der Waals surface area (Å²) in [6, 6.07) is 3.18. The van der Waals surface area contributed by atoms with Crippen molar-refractivity contribution in [1.82, 2.24) is 4.98 Å². The van der Waals surface area contributed by atoms with E-state index in [4.69, 9.17) is 16.2 Å². The number of amides is 1. The topological polar surface area (TPSA) is 91.2 Å². The molecule has 1 aromatic rings. The zero-order valence-electron chi connectivity index (χ0n) is 9.56. The second-order valence-electron chi connectivity index (χ2n) is 4.05. The number of nitrogens with two attached hydrogens (primary N) is 2. The number of carbonyl (C=O) groups is 1. The molecule has 1 aromatic heterocycles. The molecule has 4 N–H and O–H groups in total. The van der Waals surface area contributed by atoms with Crippen molar-refractivity contribution in [1.29, 1.82) is 0 Å². The smallest absolute Gasteiger partial charge is 0.250 e. The van der Waals surface area contributed by atoms with Crippen LogP contribution >= 0.6 is 0 Å². The molecule has 0 aliphatic rings. The SMILES string of the molecule is CCC(C)(N)COc1ccc(C(N)=O)cn1. The van der Waals surface area contributed by atoms with Gasteiger partial charge in [0.1, 0.15) is 6.61 Å². The number of hydrogen-bond donors (Lipinski definition) is 2. The van der Waals surface area contributed by atoms with Gasteiger partial charge in [0, 0.05) is 17.8 Å². The fourth-order valence-electron chi connectivity index (χ4n) is 0.952. The van der Waals surface area contributed by atoms with E-state index in [0.717, 1.165) is 6.42 Å².